The summed E-state index contributed by atoms with van der Waals surface area (Å²) in [7, 11) is 0. The first kappa shape index (κ1) is 6.73. The van der Waals surface area contributed by atoms with Crippen LogP contribution in [-0.2, 0) is 5.75 Å². The molecule has 56 valence electrons. The summed E-state index contributed by atoms with van der Waals surface area (Å²) < 4.78 is 0. The number of aliphatic hydroxyl groups is 1. The minimum atomic E-state index is 0.289. The molecule has 0 unspecified atom stereocenters. The molecule has 0 spiro atoms. The molecular weight excluding hydrogens is 158 g/mol. The van der Waals surface area contributed by atoms with E-state index in [0.717, 1.165) is 17.0 Å². The van der Waals surface area contributed by atoms with Crippen molar-refractivity contribution in [2.24, 2.45) is 0 Å². The van der Waals surface area contributed by atoms with Crippen LogP contribution in [-0.4, -0.2) is 10.1 Å². The minimum absolute atomic E-state index is 0.289. The van der Waals surface area contributed by atoms with Gasteiger partial charge in [-0.2, -0.15) is 0 Å². The van der Waals surface area contributed by atoms with Crippen LogP contribution in [0, 0.1) is 0 Å². The molecule has 0 aliphatic carbocycles. The molecule has 0 aromatic carbocycles. The van der Waals surface area contributed by atoms with Crippen LogP contribution in [0.5, 0.6) is 0 Å². The Hall–Kier alpha value is -0.960. The Morgan fingerprint density at radius 1 is 1.55 bits per heavy atom. The minimum Gasteiger partial charge on any atom is -0.505 e. The van der Waals surface area contributed by atoms with Gasteiger partial charge in [-0.25, -0.2) is 0 Å². The van der Waals surface area contributed by atoms with E-state index in [0.29, 0.717) is 0 Å². The fraction of sp³-hybridized carbons (Fsp3) is 0.125. The zero-order chi connectivity index (χ0) is 7.68. The number of rotatable bonds is 0. The first-order valence-corrected chi connectivity index (χ1v) is 4.38. The lowest BCUT2D eigenvalue weighted by atomic mass is 10.2. The molecule has 0 atom stereocenters. The standard InChI is InChI=1S/C8H7NOS/c10-7-5-11-4-6-2-1-3-9-8(6)7/h1-3,5,10H,4H2. The molecule has 1 aliphatic heterocycles. The van der Waals surface area contributed by atoms with Gasteiger partial charge in [0.05, 0.1) is 0 Å². The fourth-order valence-electron chi connectivity index (χ4n) is 1.05. The predicted octanol–water partition coefficient (Wildman–Crippen LogP) is 2.18. The van der Waals surface area contributed by atoms with E-state index >= 15 is 0 Å². The van der Waals surface area contributed by atoms with Gasteiger partial charge in [-0.1, -0.05) is 6.07 Å². The predicted molar refractivity (Wildman–Crippen MR) is 46.1 cm³/mol. The highest BCUT2D eigenvalue weighted by Gasteiger charge is 2.11. The Balaban J connectivity index is 2.56. The van der Waals surface area contributed by atoms with Crippen LogP contribution in [0.15, 0.2) is 23.7 Å². The number of hydrogen-bond acceptors (Lipinski definition) is 3. The number of aromatic nitrogens is 1. The highest BCUT2D eigenvalue weighted by atomic mass is 32.2. The number of hydrogen-bond donors (Lipinski definition) is 1. The first-order chi connectivity index (χ1) is 5.38. The van der Waals surface area contributed by atoms with Gasteiger partial charge in [-0.3, -0.25) is 4.98 Å². The second-order valence-electron chi connectivity index (χ2n) is 2.33. The van der Waals surface area contributed by atoms with E-state index < -0.39 is 0 Å². The summed E-state index contributed by atoms with van der Waals surface area (Å²) >= 11 is 1.59. The largest absolute Gasteiger partial charge is 0.505 e. The summed E-state index contributed by atoms with van der Waals surface area (Å²) in [4.78, 5) is 4.07. The molecule has 1 aromatic rings. The molecule has 3 heteroatoms. The topological polar surface area (TPSA) is 33.1 Å². The molecule has 2 nitrogen and oxygen atoms in total. The Kier molecular flexibility index (Phi) is 1.58. The highest BCUT2D eigenvalue weighted by Crippen LogP contribution is 2.27. The molecule has 0 fully saturated rings. The van der Waals surface area contributed by atoms with Gasteiger partial charge in [-0.15, -0.1) is 11.8 Å². The van der Waals surface area contributed by atoms with Crippen molar-refractivity contribution in [3.05, 3.63) is 35.0 Å². The van der Waals surface area contributed by atoms with Crippen LogP contribution in [0.2, 0.25) is 0 Å². The first-order valence-electron chi connectivity index (χ1n) is 3.33. The van der Waals surface area contributed by atoms with Crippen molar-refractivity contribution >= 4 is 17.5 Å². The fourth-order valence-corrected chi connectivity index (χ4v) is 1.82. The molecule has 11 heavy (non-hydrogen) atoms. The molecular formula is C8H7NOS. The second kappa shape index (κ2) is 2.58. The molecule has 0 saturated heterocycles. The number of aliphatic hydroxyl groups excluding tert-OH is 1. The van der Waals surface area contributed by atoms with Crippen LogP contribution in [0.1, 0.15) is 11.3 Å². The maximum absolute atomic E-state index is 9.34. The molecule has 0 saturated carbocycles. The SMILES string of the molecule is OC1=CSCc2cccnc21. The Labute approximate surface area is 69.0 Å². The number of thioether (sulfide) groups is 1. The van der Waals surface area contributed by atoms with E-state index in [-0.39, 0.29) is 5.76 Å². The van der Waals surface area contributed by atoms with Crippen molar-refractivity contribution in [2.45, 2.75) is 5.75 Å². The van der Waals surface area contributed by atoms with E-state index in [9.17, 15) is 5.11 Å². The quantitative estimate of drug-likeness (QED) is 0.639. The summed E-state index contributed by atoms with van der Waals surface area (Å²) in [5, 5.41) is 11.1. The van der Waals surface area contributed by atoms with Crippen molar-refractivity contribution < 1.29 is 5.11 Å². The van der Waals surface area contributed by atoms with Gasteiger partial charge in [0, 0.05) is 17.4 Å². The van der Waals surface area contributed by atoms with Crippen LogP contribution in [0.4, 0.5) is 0 Å². The van der Waals surface area contributed by atoms with Crippen LogP contribution in [0.25, 0.3) is 5.76 Å². The Bertz CT molecular complexity index is 309. The summed E-state index contributed by atoms with van der Waals surface area (Å²) in [6.07, 6.45) is 1.69. The van der Waals surface area contributed by atoms with Crippen LogP contribution >= 0.6 is 11.8 Å². The van der Waals surface area contributed by atoms with Crippen LogP contribution in [0.3, 0.4) is 0 Å². The molecule has 2 rings (SSSR count). The van der Waals surface area contributed by atoms with E-state index in [2.05, 4.69) is 4.98 Å². The smallest absolute Gasteiger partial charge is 0.147 e. The maximum atomic E-state index is 9.34. The van der Waals surface area contributed by atoms with Gasteiger partial charge in [0.15, 0.2) is 0 Å². The maximum Gasteiger partial charge on any atom is 0.147 e. The van der Waals surface area contributed by atoms with Gasteiger partial charge in [0.25, 0.3) is 0 Å². The van der Waals surface area contributed by atoms with E-state index in [1.807, 2.05) is 12.1 Å². The average Bonchev–Trinajstić information content (AvgIpc) is 2.06. The van der Waals surface area contributed by atoms with Crippen LogP contribution < -0.4 is 0 Å². The monoisotopic (exact) mass is 165 g/mol. The average molecular weight is 165 g/mol. The van der Waals surface area contributed by atoms with Crippen molar-refractivity contribution in [1.29, 1.82) is 0 Å². The number of fused-ring (bicyclic) bond motifs is 1. The lowest BCUT2D eigenvalue weighted by molar-refractivity contribution is 0.508. The summed E-state index contributed by atoms with van der Waals surface area (Å²) in [5.41, 5.74) is 1.84. The number of pyridine rings is 1. The van der Waals surface area contributed by atoms with Gasteiger partial charge >= 0.3 is 0 Å². The molecule has 0 bridgehead atoms. The van der Waals surface area contributed by atoms with Gasteiger partial charge in [0.1, 0.15) is 11.5 Å². The van der Waals surface area contributed by atoms with Crippen molar-refractivity contribution in [1.82, 2.24) is 4.98 Å². The van der Waals surface area contributed by atoms with Crippen molar-refractivity contribution in [3.63, 3.8) is 0 Å². The Morgan fingerprint density at radius 2 is 2.45 bits per heavy atom. The highest BCUT2D eigenvalue weighted by molar-refractivity contribution is 8.01. The summed E-state index contributed by atoms with van der Waals surface area (Å²) in [6.45, 7) is 0. The molecule has 1 N–H and O–H groups in total. The van der Waals surface area contributed by atoms with E-state index in [4.69, 9.17) is 0 Å². The second-order valence-corrected chi connectivity index (χ2v) is 3.18. The summed E-state index contributed by atoms with van der Waals surface area (Å²) in [5.74, 6) is 1.20. The third-order valence-corrected chi connectivity index (χ3v) is 2.44. The van der Waals surface area contributed by atoms with Gasteiger partial charge in [0.2, 0.25) is 0 Å². The molecule has 2 heterocycles. The van der Waals surface area contributed by atoms with Crippen molar-refractivity contribution in [3.8, 4) is 0 Å². The molecule has 0 amide bonds. The number of nitrogens with zero attached hydrogens (tertiary/aromatic N) is 1. The Morgan fingerprint density at radius 3 is 3.27 bits per heavy atom. The van der Waals surface area contributed by atoms with Gasteiger partial charge in [-0.05, 0) is 11.6 Å². The van der Waals surface area contributed by atoms with E-state index in [1.165, 1.54) is 0 Å². The normalized spacial score (nSPS) is 15.5. The summed E-state index contributed by atoms with van der Waals surface area (Å²) in [6, 6.07) is 3.87. The molecule has 1 aliphatic rings. The zero-order valence-corrected chi connectivity index (χ0v) is 6.64. The van der Waals surface area contributed by atoms with Gasteiger partial charge < -0.3 is 5.11 Å². The van der Waals surface area contributed by atoms with Crippen molar-refractivity contribution in [2.75, 3.05) is 0 Å². The van der Waals surface area contributed by atoms with E-state index in [1.54, 1.807) is 23.4 Å². The lowest BCUT2D eigenvalue weighted by Gasteiger charge is -2.10. The lowest BCUT2D eigenvalue weighted by Crippen LogP contribution is -1.97. The zero-order valence-electron chi connectivity index (χ0n) is 5.82. The third-order valence-electron chi connectivity index (χ3n) is 1.57. The molecule has 1 aromatic heterocycles. The molecule has 0 radical (unpaired) electrons. The third kappa shape index (κ3) is 1.12.